The van der Waals surface area contributed by atoms with Crippen LogP contribution in [0.3, 0.4) is 0 Å². The molecule has 0 aromatic carbocycles. The maximum Gasteiger partial charge on any atom is 0.0667 e. The van der Waals surface area contributed by atoms with Crippen LogP contribution < -0.4 is 5.32 Å². The third-order valence-corrected chi connectivity index (χ3v) is 3.98. The molecule has 0 bridgehead atoms. The van der Waals surface area contributed by atoms with E-state index in [0.29, 0.717) is 0 Å². The third kappa shape index (κ3) is 2.71. The van der Waals surface area contributed by atoms with Gasteiger partial charge in [0.2, 0.25) is 0 Å². The van der Waals surface area contributed by atoms with Crippen LogP contribution in [0, 0.1) is 5.92 Å². The largest absolute Gasteiger partial charge is 0.392 e. The Hall–Kier alpha value is -0.120. The molecule has 0 aromatic rings. The topological polar surface area (TPSA) is 35.5 Å². The van der Waals surface area contributed by atoms with Crippen LogP contribution in [0.4, 0.5) is 0 Å². The Balaban J connectivity index is 1.90. The molecule has 0 aromatic heterocycles. The number of rotatable bonds is 3. The van der Waals surface area contributed by atoms with Crippen molar-refractivity contribution < 1.29 is 5.11 Å². The molecule has 0 amide bonds. The van der Waals surface area contributed by atoms with Crippen LogP contribution in [0.25, 0.3) is 0 Å². The summed E-state index contributed by atoms with van der Waals surface area (Å²) in [4.78, 5) is 2.53. The van der Waals surface area contributed by atoms with Gasteiger partial charge in [0.05, 0.1) is 6.10 Å². The fraction of sp³-hybridized carbons (Fsp3) is 1.00. The molecule has 1 aliphatic carbocycles. The van der Waals surface area contributed by atoms with Gasteiger partial charge in [-0.2, -0.15) is 0 Å². The number of hydrogen-bond acceptors (Lipinski definition) is 3. The van der Waals surface area contributed by atoms with E-state index < -0.39 is 0 Å². The summed E-state index contributed by atoms with van der Waals surface area (Å²) in [6.45, 7) is 3.24. The minimum absolute atomic E-state index is 0.0745. The maximum absolute atomic E-state index is 9.70. The van der Waals surface area contributed by atoms with Crippen molar-refractivity contribution in [3.63, 3.8) is 0 Å². The fourth-order valence-corrected chi connectivity index (χ4v) is 3.28. The molecule has 3 atom stereocenters. The van der Waals surface area contributed by atoms with E-state index in [0.717, 1.165) is 31.5 Å². The normalized spacial score (nSPS) is 38.4. The molecule has 1 heterocycles. The Labute approximate surface area is 92.8 Å². The van der Waals surface area contributed by atoms with Crippen LogP contribution in [0.1, 0.15) is 32.1 Å². The minimum Gasteiger partial charge on any atom is -0.392 e. The number of likely N-dealkylation sites (tertiary alicyclic amines) is 1. The van der Waals surface area contributed by atoms with Crippen molar-refractivity contribution in [2.45, 2.75) is 44.2 Å². The Morgan fingerprint density at radius 2 is 2.13 bits per heavy atom. The number of nitrogens with zero attached hydrogens (tertiary/aromatic N) is 1. The summed E-state index contributed by atoms with van der Waals surface area (Å²) in [7, 11) is 2.04. The molecule has 88 valence electrons. The highest BCUT2D eigenvalue weighted by Crippen LogP contribution is 2.31. The van der Waals surface area contributed by atoms with Gasteiger partial charge in [-0.25, -0.2) is 0 Å². The highest BCUT2D eigenvalue weighted by molar-refractivity contribution is 4.88. The van der Waals surface area contributed by atoms with Gasteiger partial charge in [-0.3, -0.25) is 4.90 Å². The first-order chi connectivity index (χ1) is 7.31. The monoisotopic (exact) mass is 212 g/mol. The summed E-state index contributed by atoms with van der Waals surface area (Å²) in [5.74, 6) is 0.806. The molecule has 3 unspecified atom stereocenters. The molecule has 3 heteroatoms. The highest BCUT2D eigenvalue weighted by Gasteiger charge is 2.33. The van der Waals surface area contributed by atoms with Crippen molar-refractivity contribution in [3.05, 3.63) is 0 Å². The van der Waals surface area contributed by atoms with Crippen molar-refractivity contribution in [1.82, 2.24) is 10.2 Å². The molecule has 1 saturated heterocycles. The molecule has 0 spiro atoms. The van der Waals surface area contributed by atoms with Crippen molar-refractivity contribution in [3.8, 4) is 0 Å². The van der Waals surface area contributed by atoms with Gasteiger partial charge in [-0.05, 0) is 51.7 Å². The Morgan fingerprint density at radius 3 is 2.87 bits per heavy atom. The number of hydrogen-bond donors (Lipinski definition) is 2. The van der Waals surface area contributed by atoms with Crippen LogP contribution >= 0.6 is 0 Å². The first kappa shape index (κ1) is 11.4. The van der Waals surface area contributed by atoms with E-state index in [1.807, 2.05) is 7.05 Å². The van der Waals surface area contributed by atoms with E-state index >= 15 is 0 Å². The molecule has 0 radical (unpaired) electrons. The minimum atomic E-state index is -0.0745. The second-order valence-electron chi connectivity index (χ2n) is 5.11. The number of piperidine rings is 1. The molecular formula is C12H24N2O. The van der Waals surface area contributed by atoms with E-state index in [4.69, 9.17) is 0 Å². The van der Waals surface area contributed by atoms with Gasteiger partial charge in [-0.15, -0.1) is 0 Å². The van der Waals surface area contributed by atoms with Crippen LogP contribution in [-0.4, -0.2) is 48.8 Å². The second-order valence-corrected chi connectivity index (χ2v) is 5.11. The quantitative estimate of drug-likeness (QED) is 0.727. The van der Waals surface area contributed by atoms with Crippen molar-refractivity contribution in [1.29, 1.82) is 0 Å². The predicted octanol–water partition coefficient (Wildman–Crippen LogP) is 0.831. The molecular weight excluding hydrogens is 188 g/mol. The van der Waals surface area contributed by atoms with E-state index in [1.165, 1.54) is 32.2 Å². The molecule has 1 aliphatic heterocycles. The van der Waals surface area contributed by atoms with E-state index in [-0.39, 0.29) is 6.10 Å². The van der Waals surface area contributed by atoms with Gasteiger partial charge in [0, 0.05) is 12.6 Å². The van der Waals surface area contributed by atoms with Crippen LogP contribution in [0.5, 0.6) is 0 Å². The second kappa shape index (κ2) is 5.28. The van der Waals surface area contributed by atoms with Gasteiger partial charge < -0.3 is 10.4 Å². The maximum atomic E-state index is 9.70. The molecule has 2 rings (SSSR count). The van der Waals surface area contributed by atoms with Crippen LogP contribution in [0.2, 0.25) is 0 Å². The summed E-state index contributed by atoms with van der Waals surface area (Å²) in [5.41, 5.74) is 0. The molecule has 2 N–H and O–H groups in total. The van der Waals surface area contributed by atoms with Gasteiger partial charge >= 0.3 is 0 Å². The SMILES string of the molecule is CNCC1CCCC1N1CCCC(O)C1. The summed E-state index contributed by atoms with van der Waals surface area (Å²) < 4.78 is 0. The molecule has 2 fully saturated rings. The number of β-amino-alcohol motifs (C(OH)–C–C–N with tert-alkyl or cyclic N) is 1. The lowest BCUT2D eigenvalue weighted by Gasteiger charge is -2.37. The smallest absolute Gasteiger partial charge is 0.0667 e. The Bertz CT molecular complexity index is 198. The van der Waals surface area contributed by atoms with E-state index in [1.54, 1.807) is 0 Å². The number of aliphatic hydroxyl groups is 1. The lowest BCUT2D eigenvalue weighted by atomic mass is 9.98. The zero-order valence-corrected chi connectivity index (χ0v) is 9.78. The van der Waals surface area contributed by atoms with E-state index in [9.17, 15) is 5.11 Å². The lowest BCUT2D eigenvalue weighted by molar-refractivity contribution is 0.0362. The summed E-state index contributed by atoms with van der Waals surface area (Å²) in [5, 5.41) is 13.0. The van der Waals surface area contributed by atoms with Crippen LogP contribution in [-0.2, 0) is 0 Å². The third-order valence-electron chi connectivity index (χ3n) is 3.98. The first-order valence-corrected chi connectivity index (χ1v) is 6.38. The average Bonchev–Trinajstić information content (AvgIpc) is 2.66. The number of aliphatic hydroxyl groups excluding tert-OH is 1. The van der Waals surface area contributed by atoms with E-state index in [2.05, 4.69) is 10.2 Å². The zero-order chi connectivity index (χ0) is 10.7. The van der Waals surface area contributed by atoms with Gasteiger partial charge in [0.25, 0.3) is 0 Å². The van der Waals surface area contributed by atoms with Crippen molar-refractivity contribution in [2.24, 2.45) is 5.92 Å². The standard InChI is InChI=1S/C12H24N2O/c1-13-8-10-4-2-6-12(10)14-7-3-5-11(15)9-14/h10-13,15H,2-9H2,1H3. The fourth-order valence-electron chi connectivity index (χ4n) is 3.28. The molecule has 2 aliphatic rings. The summed E-state index contributed by atoms with van der Waals surface area (Å²) >= 11 is 0. The molecule has 1 saturated carbocycles. The average molecular weight is 212 g/mol. The lowest BCUT2D eigenvalue weighted by Crippen LogP contribution is -2.47. The predicted molar refractivity (Wildman–Crippen MR) is 61.9 cm³/mol. The summed E-state index contributed by atoms with van der Waals surface area (Å²) in [6, 6.07) is 0.729. The Morgan fingerprint density at radius 1 is 1.27 bits per heavy atom. The number of nitrogens with one attached hydrogen (secondary N) is 1. The van der Waals surface area contributed by atoms with Crippen molar-refractivity contribution in [2.75, 3.05) is 26.7 Å². The van der Waals surface area contributed by atoms with Crippen molar-refractivity contribution >= 4 is 0 Å². The highest BCUT2D eigenvalue weighted by atomic mass is 16.3. The molecule has 3 nitrogen and oxygen atoms in total. The Kier molecular flexibility index (Phi) is 4.00. The molecule has 15 heavy (non-hydrogen) atoms. The summed E-state index contributed by atoms with van der Waals surface area (Å²) in [6.07, 6.45) is 6.15. The van der Waals surface area contributed by atoms with Crippen LogP contribution in [0.15, 0.2) is 0 Å². The first-order valence-electron chi connectivity index (χ1n) is 6.38. The van der Waals surface area contributed by atoms with Gasteiger partial charge in [0.15, 0.2) is 0 Å². The zero-order valence-electron chi connectivity index (χ0n) is 9.78. The van der Waals surface area contributed by atoms with Gasteiger partial charge in [0.1, 0.15) is 0 Å². The van der Waals surface area contributed by atoms with Gasteiger partial charge in [-0.1, -0.05) is 6.42 Å².